The highest BCUT2D eigenvalue weighted by molar-refractivity contribution is 6.08. The first kappa shape index (κ1) is 30.7. The minimum absolute atomic E-state index is 0.0323. The van der Waals surface area contributed by atoms with Crippen LogP contribution in [-0.4, -0.2) is 50.1 Å². The van der Waals surface area contributed by atoms with Gasteiger partial charge in [-0.15, -0.1) is 0 Å². The molecule has 1 heterocycles. The second-order valence-corrected chi connectivity index (χ2v) is 10.2. The van der Waals surface area contributed by atoms with Gasteiger partial charge in [0.1, 0.15) is 11.7 Å². The molecule has 4 aromatic rings. The lowest BCUT2D eigenvalue weighted by atomic mass is 9.98. The number of benzene rings is 4. The standard InChI is InChI=1S/C33H28F5N3O3/c1-44-32(43)30(22-7-3-2-4-8-22)41-17-15-40(16-18-41)24-19-27(34)29(28(35)20-24)39-31(42)26-10-6-5-9-25(26)21-11-13-23(14-12-21)33(36,37)38/h2-14,19-20,30H,15-18H2,1H3,(H,39,42). The number of carbonyl (C=O) groups is 2. The van der Waals surface area contributed by atoms with Crippen molar-refractivity contribution in [3.05, 3.63) is 119 Å². The Morgan fingerprint density at radius 3 is 2.00 bits per heavy atom. The van der Waals surface area contributed by atoms with E-state index in [1.165, 1.54) is 31.4 Å². The summed E-state index contributed by atoms with van der Waals surface area (Å²) in [7, 11) is 1.33. The van der Waals surface area contributed by atoms with Crippen LogP contribution in [0, 0.1) is 11.6 Å². The summed E-state index contributed by atoms with van der Waals surface area (Å²) in [6.07, 6.45) is -4.52. The van der Waals surface area contributed by atoms with Crippen LogP contribution in [0.3, 0.4) is 0 Å². The van der Waals surface area contributed by atoms with Crippen LogP contribution >= 0.6 is 0 Å². The Morgan fingerprint density at radius 1 is 0.818 bits per heavy atom. The zero-order valence-electron chi connectivity index (χ0n) is 23.6. The van der Waals surface area contributed by atoms with Crippen LogP contribution < -0.4 is 10.2 Å². The van der Waals surface area contributed by atoms with Crippen molar-refractivity contribution >= 4 is 23.3 Å². The number of nitrogens with one attached hydrogen (secondary N) is 1. The molecule has 0 saturated carbocycles. The summed E-state index contributed by atoms with van der Waals surface area (Å²) in [5, 5.41) is 2.28. The zero-order chi connectivity index (χ0) is 31.4. The van der Waals surface area contributed by atoms with Crippen molar-refractivity contribution in [2.45, 2.75) is 12.2 Å². The van der Waals surface area contributed by atoms with E-state index in [1.54, 1.807) is 17.0 Å². The molecule has 6 nitrogen and oxygen atoms in total. The molecule has 0 aliphatic carbocycles. The molecule has 0 aromatic heterocycles. The second kappa shape index (κ2) is 12.8. The number of esters is 1. The Bertz CT molecular complexity index is 1610. The van der Waals surface area contributed by atoms with Crippen molar-refractivity contribution < 1.29 is 36.3 Å². The van der Waals surface area contributed by atoms with Crippen LogP contribution in [0.4, 0.5) is 33.3 Å². The summed E-state index contributed by atoms with van der Waals surface area (Å²) >= 11 is 0. The fourth-order valence-corrected chi connectivity index (χ4v) is 5.30. The number of halogens is 5. The van der Waals surface area contributed by atoms with Crippen molar-refractivity contribution in [2.24, 2.45) is 0 Å². The molecule has 0 bridgehead atoms. The first-order chi connectivity index (χ1) is 21.1. The van der Waals surface area contributed by atoms with Crippen LogP contribution in [0.2, 0.25) is 0 Å². The van der Waals surface area contributed by atoms with Gasteiger partial charge in [0, 0.05) is 37.4 Å². The Morgan fingerprint density at radius 2 is 1.41 bits per heavy atom. The number of anilines is 2. The molecule has 4 aromatic carbocycles. The number of carbonyl (C=O) groups excluding carboxylic acids is 2. The van der Waals surface area contributed by atoms with Gasteiger partial charge in [0.15, 0.2) is 11.6 Å². The Balaban J connectivity index is 1.30. The van der Waals surface area contributed by atoms with E-state index < -0.39 is 47.0 Å². The molecule has 228 valence electrons. The second-order valence-electron chi connectivity index (χ2n) is 10.2. The van der Waals surface area contributed by atoms with Crippen molar-refractivity contribution in [3.8, 4) is 11.1 Å². The lowest BCUT2D eigenvalue weighted by Crippen LogP contribution is -2.49. The van der Waals surface area contributed by atoms with Crippen LogP contribution in [0.15, 0.2) is 91.0 Å². The van der Waals surface area contributed by atoms with Crippen LogP contribution in [0.5, 0.6) is 0 Å². The maximum atomic E-state index is 15.2. The van der Waals surface area contributed by atoms with Gasteiger partial charge in [-0.05, 0) is 47.0 Å². The fourth-order valence-electron chi connectivity index (χ4n) is 5.30. The molecule has 5 rings (SSSR count). The third-order valence-electron chi connectivity index (χ3n) is 7.54. The molecule has 44 heavy (non-hydrogen) atoms. The third-order valence-corrected chi connectivity index (χ3v) is 7.54. The maximum Gasteiger partial charge on any atom is 0.416 e. The average molecular weight is 610 g/mol. The smallest absolute Gasteiger partial charge is 0.416 e. The number of amides is 1. The molecule has 1 N–H and O–H groups in total. The molecule has 1 amide bonds. The first-order valence-corrected chi connectivity index (χ1v) is 13.8. The van der Waals surface area contributed by atoms with Gasteiger partial charge in [0.25, 0.3) is 5.91 Å². The van der Waals surface area contributed by atoms with Gasteiger partial charge in [-0.25, -0.2) is 13.6 Å². The number of methoxy groups -OCH3 is 1. The van der Waals surface area contributed by atoms with Crippen LogP contribution in [-0.2, 0) is 15.7 Å². The van der Waals surface area contributed by atoms with E-state index in [-0.39, 0.29) is 11.3 Å². The number of alkyl halides is 3. The molecular formula is C33H28F5N3O3. The zero-order valence-corrected chi connectivity index (χ0v) is 23.6. The largest absolute Gasteiger partial charge is 0.468 e. The highest BCUT2D eigenvalue weighted by Gasteiger charge is 2.32. The quantitative estimate of drug-likeness (QED) is 0.182. The minimum atomic E-state index is -4.52. The highest BCUT2D eigenvalue weighted by Crippen LogP contribution is 2.33. The molecule has 1 saturated heterocycles. The molecule has 1 unspecified atom stereocenters. The summed E-state index contributed by atoms with van der Waals surface area (Å²) < 4.78 is 74.5. The number of ether oxygens (including phenoxy) is 1. The molecule has 1 aliphatic heterocycles. The van der Waals surface area contributed by atoms with E-state index >= 15 is 8.78 Å². The lowest BCUT2D eigenvalue weighted by Gasteiger charge is -2.39. The Kier molecular flexibility index (Phi) is 8.96. The van der Waals surface area contributed by atoms with Crippen molar-refractivity contribution in [2.75, 3.05) is 43.5 Å². The van der Waals surface area contributed by atoms with Gasteiger partial charge in [-0.1, -0.05) is 60.7 Å². The van der Waals surface area contributed by atoms with E-state index in [2.05, 4.69) is 5.32 Å². The van der Waals surface area contributed by atoms with E-state index in [0.29, 0.717) is 37.3 Å². The first-order valence-electron chi connectivity index (χ1n) is 13.8. The predicted molar refractivity (Wildman–Crippen MR) is 156 cm³/mol. The molecule has 1 aliphatic rings. The van der Waals surface area contributed by atoms with E-state index in [1.807, 2.05) is 35.2 Å². The van der Waals surface area contributed by atoms with Crippen LogP contribution in [0.1, 0.15) is 27.5 Å². The predicted octanol–water partition coefficient (Wildman–Crippen LogP) is 6.94. The van der Waals surface area contributed by atoms with Crippen molar-refractivity contribution in [1.82, 2.24) is 4.90 Å². The van der Waals surface area contributed by atoms with Gasteiger partial charge in [-0.2, -0.15) is 13.2 Å². The minimum Gasteiger partial charge on any atom is -0.468 e. The number of nitrogens with zero attached hydrogens (tertiary/aromatic N) is 2. The summed E-state index contributed by atoms with van der Waals surface area (Å²) in [5.74, 6) is -3.20. The average Bonchev–Trinajstić information content (AvgIpc) is 3.03. The Labute approximate surface area is 250 Å². The van der Waals surface area contributed by atoms with Crippen molar-refractivity contribution in [1.29, 1.82) is 0 Å². The molecular weight excluding hydrogens is 581 g/mol. The molecule has 0 radical (unpaired) electrons. The molecule has 0 spiro atoms. The summed E-state index contributed by atoms with van der Waals surface area (Å²) in [6, 6.07) is 21.2. The van der Waals surface area contributed by atoms with Gasteiger partial charge in [0.2, 0.25) is 0 Å². The number of hydrogen-bond acceptors (Lipinski definition) is 5. The third kappa shape index (κ3) is 6.57. The SMILES string of the molecule is COC(=O)C(c1ccccc1)N1CCN(c2cc(F)c(NC(=O)c3ccccc3-c3ccc(C(F)(F)F)cc3)c(F)c2)CC1. The molecule has 11 heteroatoms. The number of piperazine rings is 1. The summed E-state index contributed by atoms with van der Waals surface area (Å²) in [6.45, 7) is 1.62. The number of rotatable bonds is 7. The van der Waals surface area contributed by atoms with Crippen LogP contribution in [0.25, 0.3) is 11.1 Å². The van der Waals surface area contributed by atoms with Gasteiger partial charge in [-0.3, -0.25) is 9.69 Å². The summed E-state index contributed by atoms with van der Waals surface area (Å²) in [5.41, 5.74) is 0.241. The van der Waals surface area contributed by atoms with Gasteiger partial charge >= 0.3 is 12.1 Å². The fraction of sp³-hybridized carbons (Fsp3) is 0.212. The highest BCUT2D eigenvalue weighted by atomic mass is 19.4. The van der Waals surface area contributed by atoms with Gasteiger partial charge in [0.05, 0.1) is 12.7 Å². The normalized spacial score (nSPS) is 14.6. The lowest BCUT2D eigenvalue weighted by molar-refractivity contribution is -0.147. The molecule has 1 atom stereocenters. The Hall–Kier alpha value is -4.77. The maximum absolute atomic E-state index is 15.2. The van der Waals surface area contributed by atoms with Crippen molar-refractivity contribution in [3.63, 3.8) is 0 Å². The number of hydrogen-bond donors (Lipinski definition) is 1. The van der Waals surface area contributed by atoms with Gasteiger partial charge < -0.3 is 15.0 Å². The monoisotopic (exact) mass is 609 g/mol. The molecule has 1 fully saturated rings. The van der Waals surface area contributed by atoms with E-state index in [0.717, 1.165) is 29.8 Å². The van der Waals surface area contributed by atoms with E-state index in [4.69, 9.17) is 4.74 Å². The summed E-state index contributed by atoms with van der Waals surface area (Å²) in [4.78, 5) is 29.5. The topological polar surface area (TPSA) is 61.9 Å². The van der Waals surface area contributed by atoms with E-state index in [9.17, 15) is 22.8 Å².